The van der Waals surface area contributed by atoms with Gasteiger partial charge in [0.2, 0.25) is 11.8 Å². The van der Waals surface area contributed by atoms with E-state index in [1.165, 1.54) is 36.0 Å². The van der Waals surface area contributed by atoms with E-state index in [1.807, 2.05) is 42.7 Å². The van der Waals surface area contributed by atoms with Crippen LogP contribution in [0.5, 0.6) is 0 Å². The number of nitrogens with zero attached hydrogens (tertiary/aromatic N) is 3. The Morgan fingerprint density at radius 2 is 1.69 bits per heavy atom. The molecule has 0 saturated heterocycles. The normalized spacial score (nSPS) is 10.6. The second-order valence-corrected chi connectivity index (χ2v) is 7.26. The SMILES string of the molecule is Cc1ccc(-n2c(C)nnc2SCC(=O)NCC(=O)Nc2ccc(F)cc2)cc1. The molecule has 0 aliphatic heterocycles. The monoisotopic (exact) mass is 413 g/mol. The average molecular weight is 413 g/mol. The standard InChI is InChI=1S/C20H20FN5O2S/c1-13-3-9-17(10-4-13)26-14(2)24-25-20(26)29-12-19(28)22-11-18(27)23-16-7-5-15(21)6-8-16/h3-10H,11-12H2,1-2H3,(H,22,28)(H,23,27). The molecule has 0 saturated carbocycles. The topological polar surface area (TPSA) is 88.9 Å². The molecule has 9 heteroatoms. The molecule has 0 bridgehead atoms. The molecule has 1 heterocycles. The van der Waals surface area contributed by atoms with E-state index in [0.717, 1.165) is 17.1 Å². The summed E-state index contributed by atoms with van der Waals surface area (Å²) in [5.74, 6) is -0.278. The Morgan fingerprint density at radius 1 is 1.00 bits per heavy atom. The van der Waals surface area contributed by atoms with Crippen LogP contribution in [0.4, 0.5) is 10.1 Å². The van der Waals surface area contributed by atoms with Gasteiger partial charge in [-0.15, -0.1) is 10.2 Å². The molecular formula is C20H20FN5O2S. The van der Waals surface area contributed by atoms with Crippen molar-refractivity contribution in [3.05, 3.63) is 65.7 Å². The molecule has 150 valence electrons. The lowest BCUT2D eigenvalue weighted by atomic mass is 10.2. The van der Waals surface area contributed by atoms with Gasteiger partial charge in [-0.05, 0) is 50.2 Å². The first-order valence-electron chi connectivity index (χ1n) is 8.86. The van der Waals surface area contributed by atoms with Gasteiger partial charge < -0.3 is 10.6 Å². The molecule has 2 aromatic carbocycles. The molecule has 0 aliphatic rings. The second kappa shape index (κ2) is 9.33. The van der Waals surface area contributed by atoms with Gasteiger partial charge in [0.1, 0.15) is 11.6 Å². The molecule has 3 aromatic rings. The number of amides is 2. The molecular weight excluding hydrogens is 393 g/mol. The summed E-state index contributed by atoms with van der Waals surface area (Å²) in [6.45, 7) is 3.67. The Labute approximate surface area is 171 Å². The Hall–Kier alpha value is -3.20. The van der Waals surface area contributed by atoms with Crippen LogP contribution >= 0.6 is 11.8 Å². The molecule has 2 amide bonds. The number of rotatable bonds is 7. The highest BCUT2D eigenvalue weighted by Gasteiger charge is 2.14. The molecule has 0 aliphatic carbocycles. The van der Waals surface area contributed by atoms with Crippen molar-refractivity contribution in [2.45, 2.75) is 19.0 Å². The third-order valence-corrected chi connectivity index (χ3v) is 4.92. The maximum absolute atomic E-state index is 12.9. The van der Waals surface area contributed by atoms with Crippen LogP contribution in [-0.2, 0) is 9.59 Å². The third kappa shape index (κ3) is 5.64. The molecule has 0 fully saturated rings. The molecule has 7 nitrogen and oxygen atoms in total. The van der Waals surface area contributed by atoms with E-state index in [9.17, 15) is 14.0 Å². The van der Waals surface area contributed by atoms with Gasteiger partial charge in [0, 0.05) is 11.4 Å². The van der Waals surface area contributed by atoms with Crippen molar-refractivity contribution in [1.82, 2.24) is 20.1 Å². The van der Waals surface area contributed by atoms with Gasteiger partial charge in [-0.2, -0.15) is 0 Å². The van der Waals surface area contributed by atoms with E-state index < -0.39 is 5.91 Å². The molecule has 0 atom stereocenters. The summed E-state index contributed by atoms with van der Waals surface area (Å²) >= 11 is 1.24. The number of hydrogen-bond acceptors (Lipinski definition) is 5. The van der Waals surface area contributed by atoms with Crippen LogP contribution in [0.25, 0.3) is 5.69 Å². The van der Waals surface area contributed by atoms with E-state index in [4.69, 9.17) is 0 Å². The van der Waals surface area contributed by atoms with E-state index in [-0.39, 0.29) is 24.0 Å². The highest BCUT2D eigenvalue weighted by Crippen LogP contribution is 2.21. The Morgan fingerprint density at radius 3 is 2.38 bits per heavy atom. The quantitative estimate of drug-likeness (QED) is 0.582. The third-order valence-electron chi connectivity index (χ3n) is 3.99. The maximum atomic E-state index is 12.9. The highest BCUT2D eigenvalue weighted by atomic mass is 32.2. The minimum Gasteiger partial charge on any atom is -0.346 e. The molecule has 29 heavy (non-hydrogen) atoms. The van der Waals surface area contributed by atoms with Gasteiger partial charge in [-0.1, -0.05) is 29.5 Å². The molecule has 0 radical (unpaired) electrons. The van der Waals surface area contributed by atoms with Crippen LogP contribution in [0.15, 0.2) is 53.7 Å². The van der Waals surface area contributed by atoms with Crippen LogP contribution in [0.3, 0.4) is 0 Å². The second-order valence-electron chi connectivity index (χ2n) is 6.32. The Balaban J connectivity index is 1.51. The van der Waals surface area contributed by atoms with Crippen molar-refractivity contribution < 1.29 is 14.0 Å². The number of nitrogens with one attached hydrogen (secondary N) is 2. The number of aryl methyl sites for hydroxylation is 2. The molecule has 2 N–H and O–H groups in total. The summed E-state index contributed by atoms with van der Waals surface area (Å²) in [7, 11) is 0. The number of aromatic nitrogens is 3. The minimum atomic E-state index is -0.395. The molecule has 0 spiro atoms. The van der Waals surface area contributed by atoms with Gasteiger partial charge in [0.05, 0.1) is 12.3 Å². The smallest absolute Gasteiger partial charge is 0.243 e. The van der Waals surface area contributed by atoms with E-state index in [1.54, 1.807) is 0 Å². The Kier molecular flexibility index (Phi) is 6.61. The number of carbonyl (C=O) groups excluding carboxylic acids is 2. The van der Waals surface area contributed by atoms with Crippen molar-refractivity contribution in [1.29, 1.82) is 0 Å². The van der Waals surface area contributed by atoms with Gasteiger partial charge in [0.25, 0.3) is 0 Å². The van der Waals surface area contributed by atoms with Crippen molar-refractivity contribution in [3.8, 4) is 5.69 Å². The summed E-state index contributed by atoms with van der Waals surface area (Å²) in [6, 6.07) is 13.3. The first-order valence-corrected chi connectivity index (χ1v) is 9.85. The number of anilines is 1. The largest absolute Gasteiger partial charge is 0.346 e. The number of halogens is 1. The summed E-state index contributed by atoms with van der Waals surface area (Å²) in [6.07, 6.45) is 0. The lowest BCUT2D eigenvalue weighted by Gasteiger charge is -2.09. The van der Waals surface area contributed by atoms with Crippen LogP contribution in [0.2, 0.25) is 0 Å². The van der Waals surface area contributed by atoms with Gasteiger partial charge in [-0.25, -0.2) is 4.39 Å². The zero-order valence-electron chi connectivity index (χ0n) is 16.0. The lowest BCUT2D eigenvalue weighted by Crippen LogP contribution is -2.33. The Bertz CT molecular complexity index is 1000. The summed E-state index contributed by atoms with van der Waals surface area (Å²) in [5, 5.41) is 14.0. The highest BCUT2D eigenvalue weighted by molar-refractivity contribution is 7.99. The summed E-state index contributed by atoms with van der Waals surface area (Å²) in [5.41, 5.74) is 2.52. The number of benzene rings is 2. The van der Waals surface area contributed by atoms with Crippen molar-refractivity contribution in [3.63, 3.8) is 0 Å². The molecule has 0 unspecified atom stereocenters. The van der Waals surface area contributed by atoms with Crippen LogP contribution < -0.4 is 10.6 Å². The zero-order valence-corrected chi connectivity index (χ0v) is 16.8. The van der Waals surface area contributed by atoms with Crippen LogP contribution in [-0.4, -0.2) is 38.9 Å². The number of hydrogen-bond donors (Lipinski definition) is 2. The number of thioether (sulfide) groups is 1. The number of carbonyl (C=O) groups is 2. The molecule has 1 aromatic heterocycles. The van der Waals surface area contributed by atoms with Crippen molar-refractivity contribution in [2.75, 3.05) is 17.6 Å². The first-order chi connectivity index (χ1) is 13.9. The average Bonchev–Trinajstić information content (AvgIpc) is 3.07. The maximum Gasteiger partial charge on any atom is 0.243 e. The zero-order chi connectivity index (χ0) is 20.8. The predicted molar refractivity (Wildman–Crippen MR) is 110 cm³/mol. The lowest BCUT2D eigenvalue weighted by molar-refractivity contribution is -0.122. The first kappa shape index (κ1) is 20.5. The fourth-order valence-corrected chi connectivity index (χ4v) is 3.35. The van der Waals surface area contributed by atoms with E-state index >= 15 is 0 Å². The summed E-state index contributed by atoms with van der Waals surface area (Å²) < 4.78 is 14.7. The van der Waals surface area contributed by atoms with Gasteiger partial charge in [-0.3, -0.25) is 14.2 Å². The fraction of sp³-hybridized carbons (Fsp3) is 0.200. The van der Waals surface area contributed by atoms with Crippen LogP contribution in [0, 0.1) is 19.7 Å². The van der Waals surface area contributed by atoms with Crippen LogP contribution in [0.1, 0.15) is 11.4 Å². The van der Waals surface area contributed by atoms with Gasteiger partial charge >= 0.3 is 0 Å². The fourth-order valence-electron chi connectivity index (χ4n) is 2.53. The van der Waals surface area contributed by atoms with Crippen molar-refractivity contribution in [2.24, 2.45) is 0 Å². The van der Waals surface area contributed by atoms with E-state index in [2.05, 4.69) is 20.8 Å². The van der Waals surface area contributed by atoms with E-state index in [0.29, 0.717) is 10.8 Å². The molecule has 3 rings (SSSR count). The van der Waals surface area contributed by atoms with Crippen molar-refractivity contribution >= 4 is 29.3 Å². The predicted octanol–water partition coefficient (Wildman–Crippen LogP) is 2.87. The minimum absolute atomic E-state index is 0.0911. The summed E-state index contributed by atoms with van der Waals surface area (Å²) in [4.78, 5) is 24.0. The van der Waals surface area contributed by atoms with Gasteiger partial charge in [0.15, 0.2) is 5.16 Å².